The molecule has 1 N–H and O–H groups in total. The summed E-state index contributed by atoms with van der Waals surface area (Å²) in [5.74, 6) is 0.906. The normalized spacial score (nSPS) is 40.9. The monoisotopic (exact) mass is 292 g/mol. The fourth-order valence-corrected chi connectivity index (χ4v) is 5.63. The number of hydrogen-bond acceptors (Lipinski definition) is 3. The molecule has 4 fully saturated rings. The highest BCUT2D eigenvalue weighted by molar-refractivity contribution is 4.98. The summed E-state index contributed by atoms with van der Waals surface area (Å²) in [5, 5.41) is 3.63. The first-order valence-corrected chi connectivity index (χ1v) is 9.47. The van der Waals surface area contributed by atoms with Gasteiger partial charge in [-0.2, -0.15) is 0 Å². The standard InChI is InChI=1S/C18H32N2O/c1-2-9-18(8-1)13-16(7-12-21-18)20-11-4-6-17(20)15-5-3-10-19-14-15/h15-17,19H,1-14H2. The molecule has 3 unspecified atom stereocenters. The topological polar surface area (TPSA) is 24.5 Å². The van der Waals surface area contributed by atoms with Gasteiger partial charge in [0.2, 0.25) is 0 Å². The number of piperidine rings is 1. The molecular weight excluding hydrogens is 260 g/mol. The van der Waals surface area contributed by atoms with Crippen molar-refractivity contribution in [2.75, 3.05) is 26.2 Å². The molecule has 120 valence electrons. The molecule has 1 saturated carbocycles. The smallest absolute Gasteiger partial charge is 0.0697 e. The molecule has 0 aromatic heterocycles. The van der Waals surface area contributed by atoms with Gasteiger partial charge < -0.3 is 10.1 Å². The maximum absolute atomic E-state index is 6.26. The Bertz CT molecular complexity index is 347. The first-order valence-electron chi connectivity index (χ1n) is 9.47. The molecule has 3 aliphatic heterocycles. The van der Waals surface area contributed by atoms with Gasteiger partial charge in [0.15, 0.2) is 0 Å². The molecule has 4 aliphatic rings. The number of nitrogens with one attached hydrogen (secondary N) is 1. The van der Waals surface area contributed by atoms with Crippen LogP contribution in [0.3, 0.4) is 0 Å². The Morgan fingerprint density at radius 2 is 1.90 bits per heavy atom. The van der Waals surface area contributed by atoms with Gasteiger partial charge >= 0.3 is 0 Å². The van der Waals surface area contributed by atoms with Gasteiger partial charge in [-0.15, -0.1) is 0 Å². The van der Waals surface area contributed by atoms with E-state index < -0.39 is 0 Å². The number of likely N-dealkylation sites (tertiary alicyclic amines) is 1. The molecule has 3 atom stereocenters. The second-order valence-corrected chi connectivity index (χ2v) is 7.94. The molecule has 21 heavy (non-hydrogen) atoms. The van der Waals surface area contributed by atoms with Gasteiger partial charge in [0.1, 0.15) is 0 Å². The van der Waals surface area contributed by atoms with Gasteiger partial charge in [-0.1, -0.05) is 12.8 Å². The summed E-state index contributed by atoms with van der Waals surface area (Å²) in [6.45, 7) is 4.86. The highest BCUT2D eigenvalue weighted by Gasteiger charge is 2.44. The van der Waals surface area contributed by atoms with Crippen LogP contribution < -0.4 is 5.32 Å². The Balaban J connectivity index is 1.44. The van der Waals surface area contributed by atoms with E-state index in [1.165, 1.54) is 83.8 Å². The van der Waals surface area contributed by atoms with E-state index in [0.29, 0.717) is 0 Å². The van der Waals surface area contributed by atoms with Crippen LogP contribution in [0.1, 0.15) is 64.2 Å². The molecule has 3 heterocycles. The zero-order valence-electron chi connectivity index (χ0n) is 13.5. The Morgan fingerprint density at radius 1 is 1.00 bits per heavy atom. The van der Waals surface area contributed by atoms with Crippen LogP contribution in [0.15, 0.2) is 0 Å². The summed E-state index contributed by atoms with van der Waals surface area (Å²) < 4.78 is 6.26. The fraction of sp³-hybridized carbons (Fsp3) is 1.00. The molecule has 1 aliphatic carbocycles. The van der Waals surface area contributed by atoms with Crippen molar-refractivity contribution in [3.63, 3.8) is 0 Å². The van der Waals surface area contributed by atoms with E-state index in [1.54, 1.807) is 0 Å². The first kappa shape index (κ1) is 14.5. The molecule has 0 aromatic carbocycles. The first-order chi connectivity index (χ1) is 10.4. The van der Waals surface area contributed by atoms with E-state index in [4.69, 9.17) is 4.74 Å². The van der Waals surface area contributed by atoms with Crippen molar-refractivity contribution >= 4 is 0 Å². The summed E-state index contributed by atoms with van der Waals surface area (Å²) in [6, 6.07) is 1.67. The predicted molar refractivity (Wildman–Crippen MR) is 85.5 cm³/mol. The minimum Gasteiger partial charge on any atom is -0.375 e. The Kier molecular flexibility index (Phi) is 4.25. The van der Waals surface area contributed by atoms with E-state index in [1.807, 2.05) is 0 Å². The lowest BCUT2D eigenvalue weighted by Crippen LogP contribution is -2.52. The SMILES string of the molecule is C1CNCC(C2CCCN2C2CCOC3(CCCC3)C2)C1. The third-order valence-electron chi connectivity index (χ3n) is 6.67. The van der Waals surface area contributed by atoms with Crippen molar-refractivity contribution in [3.8, 4) is 0 Å². The van der Waals surface area contributed by atoms with E-state index in [0.717, 1.165) is 24.6 Å². The van der Waals surface area contributed by atoms with Crippen LogP contribution in [0.25, 0.3) is 0 Å². The third-order valence-corrected chi connectivity index (χ3v) is 6.67. The quantitative estimate of drug-likeness (QED) is 0.847. The molecule has 3 nitrogen and oxygen atoms in total. The Morgan fingerprint density at radius 3 is 2.71 bits per heavy atom. The van der Waals surface area contributed by atoms with Crippen LogP contribution >= 0.6 is 0 Å². The maximum Gasteiger partial charge on any atom is 0.0697 e. The number of nitrogens with zero attached hydrogens (tertiary/aromatic N) is 1. The number of hydrogen-bond donors (Lipinski definition) is 1. The second-order valence-electron chi connectivity index (χ2n) is 7.94. The lowest BCUT2D eigenvalue weighted by Gasteiger charge is -2.45. The van der Waals surface area contributed by atoms with Gasteiger partial charge in [0.25, 0.3) is 0 Å². The van der Waals surface area contributed by atoms with E-state index in [-0.39, 0.29) is 5.60 Å². The zero-order valence-corrected chi connectivity index (χ0v) is 13.5. The van der Waals surface area contributed by atoms with Crippen LogP contribution in [0.5, 0.6) is 0 Å². The minimum absolute atomic E-state index is 0.279. The lowest BCUT2D eigenvalue weighted by molar-refractivity contribution is -0.106. The maximum atomic E-state index is 6.26. The summed E-state index contributed by atoms with van der Waals surface area (Å²) in [5.41, 5.74) is 0.279. The molecule has 3 saturated heterocycles. The molecule has 3 heteroatoms. The van der Waals surface area contributed by atoms with Crippen molar-refractivity contribution in [3.05, 3.63) is 0 Å². The van der Waals surface area contributed by atoms with Crippen molar-refractivity contribution < 1.29 is 4.74 Å². The van der Waals surface area contributed by atoms with E-state index in [2.05, 4.69) is 10.2 Å². The molecule has 0 bridgehead atoms. The molecule has 0 amide bonds. The predicted octanol–water partition coefficient (Wildman–Crippen LogP) is 2.94. The van der Waals surface area contributed by atoms with Gasteiger partial charge in [-0.05, 0) is 76.9 Å². The molecule has 1 spiro atoms. The van der Waals surface area contributed by atoms with Crippen LogP contribution in [-0.2, 0) is 4.74 Å². The lowest BCUT2D eigenvalue weighted by atomic mass is 9.85. The van der Waals surface area contributed by atoms with Crippen molar-refractivity contribution in [2.45, 2.75) is 81.9 Å². The fourth-order valence-electron chi connectivity index (χ4n) is 5.63. The highest BCUT2D eigenvalue weighted by Crippen LogP contribution is 2.43. The van der Waals surface area contributed by atoms with Crippen LogP contribution in [-0.4, -0.2) is 48.8 Å². The Labute approximate surface area is 129 Å². The van der Waals surface area contributed by atoms with Crippen LogP contribution in [0, 0.1) is 5.92 Å². The van der Waals surface area contributed by atoms with E-state index in [9.17, 15) is 0 Å². The number of ether oxygens (including phenoxy) is 1. The molecule has 0 aromatic rings. The molecular formula is C18H32N2O. The van der Waals surface area contributed by atoms with Gasteiger partial charge in [0.05, 0.1) is 5.60 Å². The van der Waals surface area contributed by atoms with Gasteiger partial charge in [0, 0.05) is 18.7 Å². The number of rotatable bonds is 2. The van der Waals surface area contributed by atoms with Crippen molar-refractivity contribution in [1.82, 2.24) is 10.2 Å². The summed E-state index contributed by atoms with van der Waals surface area (Å²) >= 11 is 0. The summed E-state index contributed by atoms with van der Waals surface area (Å²) in [6.07, 6.45) is 13.7. The second kappa shape index (κ2) is 6.17. The average Bonchev–Trinajstić information content (AvgIpc) is 3.18. The largest absolute Gasteiger partial charge is 0.375 e. The average molecular weight is 292 g/mol. The summed E-state index contributed by atoms with van der Waals surface area (Å²) in [4.78, 5) is 2.92. The highest BCUT2D eigenvalue weighted by atomic mass is 16.5. The Hall–Kier alpha value is -0.120. The van der Waals surface area contributed by atoms with Crippen molar-refractivity contribution in [1.29, 1.82) is 0 Å². The van der Waals surface area contributed by atoms with Crippen LogP contribution in [0.4, 0.5) is 0 Å². The zero-order chi connectivity index (χ0) is 14.1. The van der Waals surface area contributed by atoms with E-state index >= 15 is 0 Å². The van der Waals surface area contributed by atoms with Gasteiger partial charge in [-0.3, -0.25) is 4.90 Å². The third kappa shape index (κ3) is 2.89. The molecule has 0 radical (unpaired) electrons. The molecule has 4 rings (SSSR count). The van der Waals surface area contributed by atoms with Crippen molar-refractivity contribution in [2.24, 2.45) is 5.92 Å². The van der Waals surface area contributed by atoms with Gasteiger partial charge in [-0.25, -0.2) is 0 Å². The summed E-state index contributed by atoms with van der Waals surface area (Å²) in [7, 11) is 0. The van der Waals surface area contributed by atoms with Crippen LogP contribution in [0.2, 0.25) is 0 Å². The minimum atomic E-state index is 0.279.